The lowest BCUT2D eigenvalue weighted by Gasteiger charge is -2.10. The van der Waals surface area contributed by atoms with Crippen LogP contribution >= 0.6 is 0 Å². The van der Waals surface area contributed by atoms with E-state index >= 15 is 0 Å². The lowest BCUT2D eigenvalue weighted by Crippen LogP contribution is -2.23. The van der Waals surface area contributed by atoms with Gasteiger partial charge in [-0.25, -0.2) is 16.8 Å². The van der Waals surface area contributed by atoms with Gasteiger partial charge >= 0.3 is 4.45 Å². The van der Waals surface area contributed by atoms with Crippen LogP contribution in [0.1, 0.15) is 31.7 Å². The van der Waals surface area contributed by atoms with E-state index in [0.29, 0.717) is 0 Å². The van der Waals surface area contributed by atoms with Crippen LogP contribution in [0, 0.1) is 0 Å². The molecule has 0 saturated heterocycles. The Bertz CT molecular complexity index is 928. The Balaban J connectivity index is 2.42. The molecule has 2 rings (SSSR count). The first kappa shape index (κ1) is 18.4. The third-order valence-electron chi connectivity index (χ3n) is 3.86. The summed E-state index contributed by atoms with van der Waals surface area (Å²) in [6.07, 6.45) is 0.882. The van der Waals surface area contributed by atoms with E-state index < -0.39 is 24.1 Å². The molecule has 7 heteroatoms. The molecule has 24 heavy (non-hydrogen) atoms. The van der Waals surface area contributed by atoms with Gasteiger partial charge in [-0.3, -0.25) is 4.79 Å². The van der Waals surface area contributed by atoms with Crippen molar-refractivity contribution in [3.63, 3.8) is 0 Å². The van der Waals surface area contributed by atoms with E-state index in [0.717, 1.165) is 12.0 Å². The SMILES string of the molecule is CCC(C)c1ccc(S(=O)(=O)C(=O)S(=O)(=O)c2ccccc2)cc1. The average molecular weight is 366 g/mol. The number of rotatable bonds is 4. The second-order valence-corrected chi connectivity index (χ2v) is 9.40. The molecule has 1 atom stereocenters. The number of hydrogen-bond acceptors (Lipinski definition) is 5. The molecule has 0 bridgehead atoms. The van der Waals surface area contributed by atoms with Crippen molar-refractivity contribution in [2.75, 3.05) is 0 Å². The quantitative estimate of drug-likeness (QED) is 0.826. The van der Waals surface area contributed by atoms with Crippen molar-refractivity contribution in [2.24, 2.45) is 0 Å². The van der Waals surface area contributed by atoms with Crippen LogP contribution in [-0.2, 0) is 19.7 Å². The first-order valence-electron chi connectivity index (χ1n) is 7.40. The third kappa shape index (κ3) is 3.42. The van der Waals surface area contributed by atoms with E-state index in [1.807, 2.05) is 13.8 Å². The van der Waals surface area contributed by atoms with E-state index in [2.05, 4.69) is 0 Å². The van der Waals surface area contributed by atoms with Gasteiger partial charge in [0, 0.05) is 0 Å². The van der Waals surface area contributed by atoms with Gasteiger partial charge < -0.3 is 0 Å². The van der Waals surface area contributed by atoms with E-state index in [1.165, 1.54) is 36.4 Å². The van der Waals surface area contributed by atoms with Gasteiger partial charge in [0.15, 0.2) is 0 Å². The monoisotopic (exact) mass is 366 g/mol. The van der Waals surface area contributed by atoms with Crippen LogP contribution in [0.5, 0.6) is 0 Å². The summed E-state index contributed by atoms with van der Waals surface area (Å²) in [6.45, 7) is 4.00. The summed E-state index contributed by atoms with van der Waals surface area (Å²) >= 11 is 0. The number of sulfone groups is 2. The minimum Gasteiger partial charge on any atom is -0.262 e. The Hall–Kier alpha value is -1.99. The minimum absolute atomic E-state index is 0.241. The van der Waals surface area contributed by atoms with E-state index in [1.54, 1.807) is 18.2 Å². The Labute approximate surface area is 142 Å². The zero-order valence-corrected chi connectivity index (χ0v) is 15.0. The fourth-order valence-corrected chi connectivity index (χ4v) is 5.28. The first-order chi connectivity index (χ1) is 11.2. The summed E-state index contributed by atoms with van der Waals surface area (Å²) in [5.41, 5.74) is 0.926. The van der Waals surface area contributed by atoms with Gasteiger partial charge in [-0.1, -0.05) is 44.2 Å². The van der Waals surface area contributed by atoms with Crippen LogP contribution in [0.25, 0.3) is 0 Å². The highest BCUT2D eigenvalue weighted by Crippen LogP contribution is 2.24. The van der Waals surface area contributed by atoms with Crippen molar-refractivity contribution in [3.05, 3.63) is 60.2 Å². The summed E-state index contributed by atoms with van der Waals surface area (Å²) < 4.78 is 47.4. The molecule has 0 radical (unpaired) electrons. The van der Waals surface area contributed by atoms with Crippen LogP contribution in [0.15, 0.2) is 64.4 Å². The van der Waals surface area contributed by atoms with Crippen LogP contribution in [-0.4, -0.2) is 21.3 Å². The second-order valence-electron chi connectivity index (χ2n) is 5.45. The van der Waals surface area contributed by atoms with Gasteiger partial charge in [0.2, 0.25) is 0 Å². The molecule has 1 unspecified atom stereocenters. The molecule has 2 aromatic carbocycles. The number of hydrogen-bond donors (Lipinski definition) is 0. The zero-order valence-electron chi connectivity index (χ0n) is 13.3. The summed E-state index contributed by atoms with van der Waals surface area (Å²) in [6, 6.07) is 12.5. The standard InChI is InChI=1S/C17H18O5S2/c1-3-13(2)14-9-11-16(12-10-14)24(21,22)17(18)23(19,20)15-7-5-4-6-8-15/h4-13H,3H2,1-2H3. The molecule has 0 aliphatic rings. The molecule has 0 N–H and O–H groups in total. The Morgan fingerprint density at radius 3 is 1.75 bits per heavy atom. The van der Waals surface area contributed by atoms with Crippen LogP contribution < -0.4 is 0 Å². The fraction of sp³-hybridized carbons (Fsp3) is 0.235. The zero-order chi connectivity index (χ0) is 18.0. The van der Waals surface area contributed by atoms with Crippen LogP contribution in [0.2, 0.25) is 0 Å². The largest absolute Gasteiger partial charge is 0.369 e. The van der Waals surface area contributed by atoms with Crippen LogP contribution in [0.3, 0.4) is 0 Å². The maximum absolute atomic E-state index is 12.4. The molecule has 0 aliphatic heterocycles. The second kappa shape index (κ2) is 6.86. The van der Waals surface area contributed by atoms with Crippen molar-refractivity contribution in [1.29, 1.82) is 0 Å². The maximum atomic E-state index is 12.4. The average Bonchev–Trinajstić information content (AvgIpc) is 2.61. The Kier molecular flexibility index (Phi) is 5.25. The van der Waals surface area contributed by atoms with Gasteiger partial charge in [0.25, 0.3) is 19.7 Å². The van der Waals surface area contributed by atoms with E-state index in [9.17, 15) is 21.6 Å². The Morgan fingerprint density at radius 1 is 0.833 bits per heavy atom. The molecule has 0 saturated carbocycles. The highest BCUT2D eigenvalue weighted by Gasteiger charge is 2.37. The molecular weight excluding hydrogens is 348 g/mol. The number of carbonyl (C=O) groups is 1. The summed E-state index contributed by atoms with van der Waals surface area (Å²) in [5, 5.41) is 0. The number of benzene rings is 2. The Morgan fingerprint density at radius 2 is 1.29 bits per heavy atom. The molecule has 0 heterocycles. The molecular formula is C17H18O5S2. The predicted molar refractivity (Wildman–Crippen MR) is 91.4 cm³/mol. The minimum atomic E-state index is -4.62. The molecule has 0 amide bonds. The van der Waals surface area contributed by atoms with Gasteiger partial charge in [0.1, 0.15) is 0 Å². The van der Waals surface area contributed by atoms with Crippen molar-refractivity contribution >= 4 is 24.1 Å². The summed E-state index contributed by atoms with van der Waals surface area (Å²) in [5.74, 6) is 0.241. The summed E-state index contributed by atoms with van der Waals surface area (Å²) in [4.78, 5) is 11.5. The molecule has 0 fully saturated rings. The maximum Gasteiger partial charge on any atom is 0.369 e. The predicted octanol–water partition coefficient (Wildman–Crippen LogP) is 3.57. The van der Waals surface area contributed by atoms with Gasteiger partial charge in [-0.05, 0) is 42.2 Å². The summed E-state index contributed by atoms with van der Waals surface area (Å²) in [7, 11) is -9.22. The van der Waals surface area contributed by atoms with Crippen molar-refractivity contribution in [1.82, 2.24) is 0 Å². The highest BCUT2D eigenvalue weighted by atomic mass is 32.3. The van der Waals surface area contributed by atoms with Crippen LogP contribution in [0.4, 0.5) is 4.79 Å². The van der Waals surface area contributed by atoms with E-state index in [4.69, 9.17) is 0 Å². The van der Waals surface area contributed by atoms with Crippen molar-refractivity contribution in [3.8, 4) is 0 Å². The van der Waals surface area contributed by atoms with E-state index in [-0.39, 0.29) is 15.7 Å². The highest BCUT2D eigenvalue weighted by molar-refractivity contribution is 8.31. The van der Waals surface area contributed by atoms with Gasteiger partial charge in [0.05, 0.1) is 9.79 Å². The lowest BCUT2D eigenvalue weighted by atomic mass is 9.99. The van der Waals surface area contributed by atoms with Crippen molar-refractivity contribution < 1.29 is 21.6 Å². The van der Waals surface area contributed by atoms with Gasteiger partial charge in [-0.2, -0.15) is 0 Å². The normalized spacial score (nSPS) is 13.4. The smallest absolute Gasteiger partial charge is 0.262 e. The molecule has 2 aromatic rings. The van der Waals surface area contributed by atoms with Gasteiger partial charge in [-0.15, -0.1) is 0 Å². The fourth-order valence-electron chi connectivity index (χ4n) is 2.15. The molecule has 128 valence electrons. The topological polar surface area (TPSA) is 85.3 Å². The third-order valence-corrected chi connectivity index (χ3v) is 7.84. The van der Waals surface area contributed by atoms with Crippen molar-refractivity contribution in [2.45, 2.75) is 36.0 Å². The molecule has 0 spiro atoms. The number of carbonyl (C=O) groups excluding carboxylic acids is 1. The molecule has 0 aromatic heterocycles. The lowest BCUT2D eigenvalue weighted by molar-refractivity contribution is 0.272. The molecule has 0 aliphatic carbocycles. The first-order valence-corrected chi connectivity index (χ1v) is 10.4. The molecule has 5 nitrogen and oxygen atoms in total.